The second-order valence-electron chi connectivity index (χ2n) is 5.64. The van der Waals surface area contributed by atoms with E-state index in [1.54, 1.807) is 0 Å². The van der Waals surface area contributed by atoms with E-state index in [4.69, 9.17) is 16.3 Å². The Morgan fingerprint density at radius 2 is 2.33 bits per heavy atom. The quantitative estimate of drug-likeness (QED) is 0.879. The molecule has 0 radical (unpaired) electrons. The van der Waals surface area contributed by atoms with E-state index in [-0.39, 0.29) is 16.9 Å². The van der Waals surface area contributed by atoms with Gasteiger partial charge in [0.15, 0.2) is 0 Å². The predicted molar refractivity (Wildman–Crippen MR) is 74.8 cm³/mol. The van der Waals surface area contributed by atoms with Gasteiger partial charge in [0.25, 0.3) is 0 Å². The number of likely N-dealkylation sites (tertiary alicyclic amines) is 1. The average molecular weight is 315 g/mol. The number of halogens is 2. The maximum atomic E-state index is 13.3. The molecule has 1 spiro atoms. The molecule has 1 aromatic rings. The molecule has 2 heterocycles. The summed E-state index contributed by atoms with van der Waals surface area (Å²) >= 11 is 5.76. The van der Waals surface area contributed by atoms with Crippen molar-refractivity contribution in [2.24, 2.45) is 0 Å². The molecule has 2 aliphatic heterocycles. The number of phenolic OH excluding ortho intramolecular Hbond substituents is 1. The average Bonchev–Trinajstić information content (AvgIpc) is 2.77. The Morgan fingerprint density at radius 1 is 1.52 bits per heavy atom. The van der Waals surface area contributed by atoms with E-state index < -0.39 is 11.4 Å². The van der Waals surface area contributed by atoms with E-state index in [9.17, 15) is 14.3 Å². The van der Waals surface area contributed by atoms with Crippen LogP contribution in [0.15, 0.2) is 12.1 Å². The lowest BCUT2D eigenvalue weighted by molar-refractivity contribution is -0.0112. The Bertz CT molecular complexity index is 584. The number of rotatable bonds is 2. The number of phenols is 1. The van der Waals surface area contributed by atoms with Gasteiger partial charge in [0.2, 0.25) is 0 Å². The zero-order valence-corrected chi connectivity index (χ0v) is 12.1. The van der Waals surface area contributed by atoms with Gasteiger partial charge in [0.05, 0.1) is 11.6 Å². The van der Waals surface area contributed by atoms with Crippen LogP contribution in [0.1, 0.15) is 18.4 Å². The largest absolute Gasteiger partial charge is 0.508 e. The van der Waals surface area contributed by atoms with Gasteiger partial charge < -0.3 is 15.2 Å². The second kappa shape index (κ2) is 5.35. The molecule has 2 fully saturated rings. The summed E-state index contributed by atoms with van der Waals surface area (Å²) in [5, 5.41) is 12.5. The van der Waals surface area contributed by atoms with Crippen molar-refractivity contribution in [2.45, 2.75) is 25.0 Å². The summed E-state index contributed by atoms with van der Waals surface area (Å²) < 4.78 is 18.6. The number of hydrogen-bond donors (Lipinski definition) is 2. The topological polar surface area (TPSA) is 61.8 Å². The summed E-state index contributed by atoms with van der Waals surface area (Å²) in [7, 11) is 0. The Labute approximate surface area is 126 Å². The van der Waals surface area contributed by atoms with Crippen molar-refractivity contribution in [3.63, 3.8) is 0 Å². The first-order valence-corrected chi connectivity index (χ1v) is 7.21. The molecule has 0 aromatic heterocycles. The van der Waals surface area contributed by atoms with Gasteiger partial charge in [-0.05, 0) is 25.5 Å². The second-order valence-corrected chi connectivity index (χ2v) is 6.04. The summed E-state index contributed by atoms with van der Waals surface area (Å²) in [4.78, 5) is 13.3. The third-order valence-electron chi connectivity index (χ3n) is 4.00. The zero-order chi connectivity index (χ0) is 15.0. The maximum Gasteiger partial charge on any atom is 0.407 e. The van der Waals surface area contributed by atoms with Crippen molar-refractivity contribution in [3.05, 3.63) is 28.5 Å². The van der Waals surface area contributed by atoms with Crippen molar-refractivity contribution in [3.8, 4) is 5.75 Å². The van der Waals surface area contributed by atoms with Gasteiger partial charge >= 0.3 is 6.09 Å². The molecule has 21 heavy (non-hydrogen) atoms. The molecule has 1 amide bonds. The standard InChI is InChI=1S/C14H16ClFN2O3/c15-10-4-9(12(19)5-11(10)16)6-18-3-1-2-14(8-18)7-17-13(20)21-14/h4-5,19H,1-3,6-8H2,(H,17,20). The molecular formula is C14H16ClFN2O3. The molecule has 0 aliphatic carbocycles. The predicted octanol–water partition coefficient (Wildman–Crippen LogP) is 2.26. The molecule has 0 saturated carbocycles. The molecule has 1 unspecified atom stereocenters. The van der Waals surface area contributed by atoms with E-state index in [1.165, 1.54) is 6.07 Å². The monoisotopic (exact) mass is 314 g/mol. The number of piperidine rings is 1. The van der Waals surface area contributed by atoms with Crippen LogP contribution in [0.4, 0.5) is 9.18 Å². The van der Waals surface area contributed by atoms with Crippen LogP contribution in [-0.4, -0.2) is 41.3 Å². The molecule has 2 saturated heterocycles. The lowest BCUT2D eigenvalue weighted by atomic mass is 9.92. The smallest absolute Gasteiger partial charge is 0.407 e. The van der Waals surface area contributed by atoms with Crippen LogP contribution in [-0.2, 0) is 11.3 Å². The highest BCUT2D eigenvalue weighted by molar-refractivity contribution is 6.30. The molecule has 2 aliphatic rings. The van der Waals surface area contributed by atoms with Crippen LogP contribution < -0.4 is 5.32 Å². The zero-order valence-electron chi connectivity index (χ0n) is 11.4. The molecule has 2 N–H and O–H groups in total. The summed E-state index contributed by atoms with van der Waals surface area (Å²) in [6.07, 6.45) is 1.33. The van der Waals surface area contributed by atoms with Crippen LogP contribution >= 0.6 is 11.6 Å². The number of amides is 1. The number of carbonyl (C=O) groups excluding carboxylic acids is 1. The molecule has 3 rings (SSSR count). The third kappa shape index (κ3) is 2.91. The number of hydrogen-bond acceptors (Lipinski definition) is 4. The third-order valence-corrected chi connectivity index (χ3v) is 4.29. The van der Waals surface area contributed by atoms with E-state index in [0.717, 1.165) is 25.5 Å². The van der Waals surface area contributed by atoms with E-state index in [0.29, 0.717) is 25.2 Å². The van der Waals surface area contributed by atoms with Gasteiger partial charge in [-0.1, -0.05) is 11.6 Å². The van der Waals surface area contributed by atoms with Crippen molar-refractivity contribution in [1.29, 1.82) is 0 Å². The summed E-state index contributed by atoms with van der Waals surface area (Å²) in [6, 6.07) is 2.46. The number of ether oxygens (including phenoxy) is 1. The number of benzene rings is 1. The van der Waals surface area contributed by atoms with Gasteiger partial charge in [0, 0.05) is 24.7 Å². The number of nitrogens with zero attached hydrogens (tertiary/aromatic N) is 1. The van der Waals surface area contributed by atoms with Gasteiger partial charge in [-0.3, -0.25) is 4.90 Å². The van der Waals surface area contributed by atoms with Crippen molar-refractivity contribution >= 4 is 17.7 Å². The fourth-order valence-electron chi connectivity index (χ4n) is 3.00. The Morgan fingerprint density at radius 3 is 3.05 bits per heavy atom. The van der Waals surface area contributed by atoms with Gasteiger partial charge in [-0.15, -0.1) is 0 Å². The molecule has 1 aromatic carbocycles. The minimum Gasteiger partial charge on any atom is -0.508 e. The SMILES string of the molecule is O=C1NCC2(CCCN(Cc3cc(Cl)c(F)cc3O)C2)O1. The van der Waals surface area contributed by atoms with Crippen molar-refractivity contribution < 1.29 is 19.0 Å². The minimum absolute atomic E-state index is 0.0107. The Kier molecular flexibility index (Phi) is 3.67. The molecule has 5 nitrogen and oxygen atoms in total. The highest BCUT2D eigenvalue weighted by Gasteiger charge is 2.43. The lowest BCUT2D eigenvalue weighted by Crippen LogP contribution is -2.50. The van der Waals surface area contributed by atoms with E-state index >= 15 is 0 Å². The summed E-state index contributed by atoms with van der Waals surface area (Å²) in [5.74, 6) is -0.750. The van der Waals surface area contributed by atoms with Gasteiger partial charge in [0.1, 0.15) is 17.2 Å². The first-order chi connectivity index (χ1) is 9.97. The number of carbonyl (C=O) groups is 1. The fraction of sp³-hybridized carbons (Fsp3) is 0.500. The molecule has 1 atom stereocenters. The Balaban J connectivity index is 1.73. The van der Waals surface area contributed by atoms with Gasteiger partial charge in [-0.25, -0.2) is 9.18 Å². The number of nitrogens with one attached hydrogen (secondary N) is 1. The van der Waals surface area contributed by atoms with E-state index in [2.05, 4.69) is 10.2 Å². The van der Waals surface area contributed by atoms with Gasteiger partial charge in [-0.2, -0.15) is 0 Å². The highest BCUT2D eigenvalue weighted by atomic mass is 35.5. The minimum atomic E-state index is -0.637. The first-order valence-electron chi connectivity index (χ1n) is 6.84. The van der Waals surface area contributed by atoms with Crippen molar-refractivity contribution in [1.82, 2.24) is 10.2 Å². The molecular weight excluding hydrogens is 299 g/mol. The molecule has 7 heteroatoms. The number of aromatic hydroxyl groups is 1. The van der Waals surface area contributed by atoms with Crippen LogP contribution in [0.5, 0.6) is 5.75 Å². The van der Waals surface area contributed by atoms with Crippen molar-refractivity contribution in [2.75, 3.05) is 19.6 Å². The Hall–Kier alpha value is -1.53. The maximum absolute atomic E-state index is 13.3. The van der Waals surface area contributed by atoms with Crippen LogP contribution in [0.2, 0.25) is 5.02 Å². The lowest BCUT2D eigenvalue weighted by Gasteiger charge is -2.38. The molecule has 114 valence electrons. The number of alkyl carbamates (subject to hydrolysis) is 1. The molecule has 0 bridgehead atoms. The fourth-order valence-corrected chi connectivity index (χ4v) is 3.19. The highest BCUT2D eigenvalue weighted by Crippen LogP contribution is 2.31. The summed E-state index contributed by atoms with van der Waals surface area (Å²) in [6.45, 7) is 2.34. The summed E-state index contributed by atoms with van der Waals surface area (Å²) in [5.41, 5.74) is 0.0742. The normalized spacial score (nSPS) is 25.9. The van der Waals surface area contributed by atoms with Crippen LogP contribution in [0.25, 0.3) is 0 Å². The van der Waals surface area contributed by atoms with Crippen LogP contribution in [0, 0.1) is 5.82 Å². The van der Waals surface area contributed by atoms with E-state index in [1.807, 2.05) is 0 Å². The van der Waals surface area contributed by atoms with Crippen LogP contribution in [0.3, 0.4) is 0 Å². The first kappa shape index (κ1) is 14.4.